The molecule has 0 heterocycles. The SMILES string of the molecule is CCCC[C@H](N)C(=O)Nc1ccccc1-c1ccccc1. The third kappa shape index (κ3) is 4.17. The van der Waals surface area contributed by atoms with Crippen molar-refractivity contribution in [2.75, 3.05) is 5.32 Å². The summed E-state index contributed by atoms with van der Waals surface area (Å²) in [5.74, 6) is -0.119. The molecule has 2 aromatic rings. The van der Waals surface area contributed by atoms with Gasteiger partial charge >= 0.3 is 0 Å². The molecule has 21 heavy (non-hydrogen) atoms. The molecule has 0 saturated heterocycles. The van der Waals surface area contributed by atoms with Gasteiger partial charge in [-0.25, -0.2) is 0 Å². The molecule has 0 unspecified atom stereocenters. The van der Waals surface area contributed by atoms with Gasteiger partial charge in [-0.2, -0.15) is 0 Å². The molecule has 2 rings (SSSR count). The van der Waals surface area contributed by atoms with Crippen molar-refractivity contribution in [3.63, 3.8) is 0 Å². The van der Waals surface area contributed by atoms with E-state index in [-0.39, 0.29) is 5.91 Å². The number of nitrogens with one attached hydrogen (secondary N) is 1. The highest BCUT2D eigenvalue weighted by atomic mass is 16.2. The van der Waals surface area contributed by atoms with E-state index in [0.717, 1.165) is 36.1 Å². The van der Waals surface area contributed by atoms with Crippen LogP contribution in [0.4, 0.5) is 5.69 Å². The van der Waals surface area contributed by atoms with Gasteiger partial charge in [-0.05, 0) is 18.1 Å². The summed E-state index contributed by atoms with van der Waals surface area (Å²) in [6.45, 7) is 2.09. The molecular weight excluding hydrogens is 260 g/mol. The van der Waals surface area contributed by atoms with E-state index < -0.39 is 6.04 Å². The first-order valence-electron chi connectivity index (χ1n) is 7.43. The van der Waals surface area contributed by atoms with Crippen molar-refractivity contribution in [3.05, 3.63) is 54.6 Å². The molecule has 0 aliphatic carbocycles. The Labute approximate surface area is 126 Å². The highest BCUT2D eigenvalue weighted by Gasteiger charge is 2.14. The molecule has 0 aromatic heterocycles. The van der Waals surface area contributed by atoms with Crippen molar-refractivity contribution in [3.8, 4) is 11.1 Å². The highest BCUT2D eigenvalue weighted by molar-refractivity contribution is 5.98. The molecule has 1 amide bonds. The number of benzene rings is 2. The van der Waals surface area contributed by atoms with Crippen LogP contribution < -0.4 is 11.1 Å². The van der Waals surface area contributed by atoms with Gasteiger partial charge < -0.3 is 11.1 Å². The summed E-state index contributed by atoms with van der Waals surface area (Å²) in [7, 11) is 0. The number of hydrogen-bond acceptors (Lipinski definition) is 2. The van der Waals surface area contributed by atoms with Crippen LogP contribution in [0.15, 0.2) is 54.6 Å². The zero-order valence-electron chi connectivity index (χ0n) is 12.4. The molecule has 0 spiro atoms. The van der Waals surface area contributed by atoms with Crippen molar-refractivity contribution < 1.29 is 4.79 Å². The predicted octanol–water partition coefficient (Wildman–Crippen LogP) is 3.81. The molecule has 0 saturated carbocycles. The number of para-hydroxylation sites is 1. The minimum Gasteiger partial charge on any atom is -0.324 e. The summed E-state index contributed by atoms with van der Waals surface area (Å²) in [4.78, 5) is 12.2. The molecule has 2 aromatic carbocycles. The van der Waals surface area contributed by atoms with E-state index in [1.54, 1.807) is 0 Å². The average molecular weight is 282 g/mol. The minimum atomic E-state index is -0.450. The lowest BCUT2D eigenvalue weighted by molar-refractivity contribution is -0.117. The van der Waals surface area contributed by atoms with Gasteiger partial charge in [0.1, 0.15) is 0 Å². The van der Waals surface area contributed by atoms with E-state index in [4.69, 9.17) is 5.73 Å². The van der Waals surface area contributed by atoms with E-state index in [2.05, 4.69) is 12.2 Å². The van der Waals surface area contributed by atoms with Crippen LogP contribution in [0.5, 0.6) is 0 Å². The molecule has 1 atom stereocenters. The molecule has 3 heteroatoms. The van der Waals surface area contributed by atoms with Gasteiger partial charge in [0.15, 0.2) is 0 Å². The van der Waals surface area contributed by atoms with Crippen LogP contribution in [-0.2, 0) is 4.79 Å². The first-order chi connectivity index (χ1) is 10.2. The van der Waals surface area contributed by atoms with Crippen LogP contribution in [0.25, 0.3) is 11.1 Å². The fourth-order valence-corrected chi connectivity index (χ4v) is 2.24. The van der Waals surface area contributed by atoms with Gasteiger partial charge in [-0.1, -0.05) is 68.3 Å². The molecular formula is C18H22N2O. The number of amides is 1. The Kier molecular flexibility index (Phi) is 5.52. The van der Waals surface area contributed by atoms with Gasteiger partial charge in [-0.15, -0.1) is 0 Å². The Bertz CT molecular complexity index is 581. The lowest BCUT2D eigenvalue weighted by Crippen LogP contribution is -2.35. The molecule has 0 fully saturated rings. The van der Waals surface area contributed by atoms with E-state index in [9.17, 15) is 4.79 Å². The second-order valence-electron chi connectivity index (χ2n) is 5.15. The van der Waals surface area contributed by atoms with Crippen molar-refractivity contribution in [2.24, 2.45) is 5.73 Å². The zero-order valence-corrected chi connectivity index (χ0v) is 12.4. The molecule has 0 aliphatic rings. The molecule has 0 radical (unpaired) electrons. The maximum Gasteiger partial charge on any atom is 0.241 e. The first-order valence-corrected chi connectivity index (χ1v) is 7.43. The summed E-state index contributed by atoms with van der Waals surface area (Å²) in [6, 6.07) is 17.4. The van der Waals surface area contributed by atoms with Crippen LogP contribution in [-0.4, -0.2) is 11.9 Å². The smallest absolute Gasteiger partial charge is 0.241 e. The molecule has 3 nitrogen and oxygen atoms in total. The number of carbonyl (C=O) groups excluding carboxylic acids is 1. The van der Waals surface area contributed by atoms with E-state index in [1.165, 1.54) is 0 Å². The lowest BCUT2D eigenvalue weighted by Gasteiger charge is -2.15. The van der Waals surface area contributed by atoms with Crippen molar-refractivity contribution in [1.82, 2.24) is 0 Å². The number of anilines is 1. The van der Waals surface area contributed by atoms with Gasteiger partial charge in [0.2, 0.25) is 5.91 Å². The highest BCUT2D eigenvalue weighted by Crippen LogP contribution is 2.27. The number of rotatable bonds is 6. The van der Waals surface area contributed by atoms with E-state index in [1.807, 2.05) is 54.6 Å². The third-order valence-electron chi connectivity index (χ3n) is 3.48. The molecule has 110 valence electrons. The Morgan fingerprint density at radius 1 is 1.10 bits per heavy atom. The fourth-order valence-electron chi connectivity index (χ4n) is 2.24. The van der Waals surface area contributed by atoms with Crippen molar-refractivity contribution in [1.29, 1.82) is 0 Å². The van der Waals surface area contributed by atoms with Crippen LogP contribution in [0.2, 0.25) is 0 Å². The second kappa shape index (κ2) is 7.60. The Morgan fingerprint density at radius 2 is 1.76 bits per heavy atom. The molecule has 3 N–H and O–H groups in total. The first kappa shape index (κ1) is 15.3. The molecule has 0 aliphatic heterocycles. The lowest BCUT2D eigenvalue weighted by atomic mass is 10.0. The monoisotopic (exact) mass is 282 g/mol. The Hall–Kier alpha value is -2.13. The summed E-state index contributed by atoms with van der Waals surface area (Å²) in [6.07, 6.45) is 2.73. The quantitative estimate of drug-likeness (QED) is 0.846. The largest absolute Gasteiger partial charge is 0.324 e. The topological polar surface area (TPSA) is 55.1 Å². The summed E-state index contributed by atoms with van der Waals surface area (Å²) >= 11 is 0. The Morgan fingerprint density at radius 3 is 2.48 bits per heavy atom. The van der Waals surface area contributed by atoms with Gasteiger partial charge in [0, 0.05) is 11.3 Å². The van der Waals surface area contributed by atoms with Crippen molar-refractivity contribution in [2.45, 2.75) is 32.2 Å². The minimum absolute atomic E-state index is 0.119. The maximum atomic E-state index is 12.2. The summed E-state index contributed by atoms with van der Waals surface area (Å²) < 4.78 is 0. The van der Waals surface area contributed by atoms with E-state index >= 15 is 0 Å². The Balaban J connectivity index is 2.16. The fraction of sp³-hybridized carbons (Fsp3) is 0.278. The van der Waals surface area contributed by atoms with Crippen LogP contribution >= 0.6 is 0 Å². The normalized spacial score (nSPS) is 11.9. The van der Waals surface area contributed by atoms with Gasteiger partial charge in [0.25, 0.3) is 0 Å². The molecule has 0 bridgehead atoms. The second-order valence-corrected chi connectivity index (χ2v) is 5.15. The average Bonchev–Trinajstić information content (AvgIpc) is 2.54. The van der Waals surface area contributed by atoms with Crippen LogP contribution in [0.3, 0.4) is 0 Å². The van der Waals surface area contributed by atoms with Gasteiger partial charge in [0.05, 0.1) is 6.04 Å². The van der Waals surface area contributed by atoms with Crippen LogP contribution in [0, 0.1) is 0 Å². The predicted molar refractivity (Wildman–Crippen MR) is 88.0 cm³/mol. The standard InChI is InChI=1S/C18H22N2O/c1-2-3-12-16(19)18(21)20-17-13-8-7-11-15(17)14-9-5-4-6-10-14/h4-11,13,16H,2-3,12,19H2,1H3,(H,20,21)/t16-/m0/s1. The third-order valence-corrected chi connectivity index (χ3v) is 3.48. The zero-order chi connectivity index (χ0) is 15.1. The number of unbranched alkanes of at least 4 members (excludes halogenated alkanes) is 1. The number of hydrogen-bond donors (Lipinski definition) is 2. The maximum absolute atomic E-state index is 12.2. The van der Waals surface area contributed by atoms with Gasteiger partial charge in [-0.3, -0.25) is 4.79 Å². The summed E-state index contributed by atoms with van der Waals surface area (Å²) in [5.41, 5.74) is 8.82. The number of carbonyl (C=O) groups is 1. The van der Waals surface area contributed by atoms with Crippen LogP contribution in [0.1, 0.15) is 26.2 Å². The van der Waals surface area contributed by atoms with E-state index in [0.29, 0.717) is 0 Å². The number of nitrogens with two attached hydrogens (primary N) is 1. The summed E-state index contributed by atoms with van der Waals surface area (Å²) in [5, 5.41) is 2.95. The van der Waals surface area contributed by atoms with Crippen molar-refractivity contribution >= 4 is 11.6 Å².